The van der Waals surface area contributed by atoms with E-state index < -0.39 is 0 Å². The summed E-state index contributed by atoms with van der Waals surface area (Å²) >= 11 is 0. The zero-order valence-corrected chi connectivity index (χ0v) is 32.0. The molecule has 6 heterocycles. The Bertz CT molecular complexity index is 2020. The Morgan fingerprint density at radius 1 is 0.981 bits per heavy atom. The Labute approximate surface area is 306 Å². The first-order valence-electron chi connectivity index (χ1n) is 18.2. The van der Waals surface area contributed by atoms with Crippen LogP contribution >= 0.6 is 0 Å². The first-order chi connectivity index (χ1) is 25.0. The van der Waals surface area contributed by atoms with Gasteiger partial charge in [-0.2, -0.15) is 0 Å². The minimum absolute atomic E-state index is 0.139. The molecule has 3 aromatic heterocycles. The quantitative estimate of drug-likeness (QED) is 0.152. The van der Waals surface area contributed by atoms with E-state index in [4.69, 9.17) is 28.9 Å². The van der Waals surface area contributed by atoms with Crippen molar-refractivity contribution in [3.63, 3.8) is 0 Å². The van der Waals surface area contributed by atoms with Crippen LogP contribution in [0.1, 0.15) is 90.6 Å². The highest BCUT2D eigenvalue weighted by Crippen LogP contribution is 2.39. The van der Waals surface area contributed by atoms with Crippen LogP contribution in [-0.2, 0) is 48.0 Å². The molecule has 1 atom stereocenters. The van der Waals surface area contributed by atoms with Crippen LogP contribution < -0.4 is 0 Å². The van der Waals surface area contributed by atoms with E-state index in [0.29, 0.717) is 51.6 Å². The van der Waals surface area contributed by atoms with Gasteiger partial charge in [0.2, 0.25) is 5.91 Å². The molecule has 0 fully saturated rings. The second-order valence-corrected chi connectivity index (χ2v) is 13.4. The van der Waals surface area contributed by atoms with Gasteiger partial charge in [0.05, 0.1) is 55.7 Å². The zero-order valence-electron chi connectivity index (χ0n) is 32.0. The van der Waals surface area contributed by atoms with Crippen LogP contribution in [0.5, 0.6) is 0 Å². The van der Waals surface area contributed by atoms with Crippen LogP contribution in [0.3, 0.4) is 0 Å². The van der Waals surface area contributed by atoms with Crippen LogP contribution in [0.4, 0.5) is 0 Å². The lowest BCUT2D eigenvalue weighted by Crippen LogP contribution is -2.29. The normalized spacial score (nSPS) is 14.9. The van der Waals surface area contributed by atoms with Crippen LogP contribution in [0.2, 0.25) is 0 Å². The highest BCUT2D eigenvalue weighted by Gasteiger charge is 2.33. The summed E-state index contributed by atoms with van der Waals surface area (Å²) in [7, 11) is 3.42. The predicted molar refractivity (Wildman–Crippen MR) is 206 cm³/mol. The summed E-state index contributed by atoms with van der Waals surface area (Å²) in [4.78, 5) is 42.9. The summed E-state index contributed by atoms with van der Waals surface area (Å²) in [5.41, 5.74) is 14.6. The van der Waals surface area contributed by atoms with Gasteiger partial charge in [-0.3, -0.25) is 9.78 Å². The number of methoxy groups -OCH3 is 1. The Hall–Kier alpha value is -4.58. The van der Waals surface area contributed by atoms with Gasteiger partial charge < -0.3 is 33.8 Å². The standard InChI is InChI=1S/C30H30N4O2.C11H23NO4/c1-7-18-15(4)22-10-21-14(3)9-25(31-21)20-13-36-30(35)28-17(6)24(34-29(20)28)12-27-19(8-2)16(5)23(33-27)11-26(18)32-22;1-4-11(13)12(2)5-6-15-9-10-16-8-7-14-3/h7,10-12,14,32-33H,1,8-9,13H2,2-6H3;4-10H2,1-3H3. The molecule has 1 amide bonds. The SMILES string of the molecule is C=Cc1c(C)c2cc3nc(c4c5nc(cc6[nH]c(cc1[nH]2)c(C)c6CC)C(C)=C5C(=O)OC4)CC3C.CCC(=O)N(C)CCOCCOCCOC. The number of aryl methyl sites for hydroxylation is 3. The molecule has 3 aromatic rings. The van der Waals surface area contributed by atoms with Gasteiger partial charge in [0.15, 0.2) is 0 Å². The van der Waals surface area contributed by atoms with Crippen molar-refractivity contribution in [3.8, 4) is 0 Å². The molecule has 11 heteroatoms. The van der Waals surface area contributed by atoms with Crippen molar-refractivity contribution in [1.82, 2.24) is 24.8 Å². The first-order valence-corrected chi connectivity index (χ1v) is 18.2. The van der Waals surface area contributed by atoms with E-state index in [9.17, 15) is 9.59 Å². The largest absolute Gasteiger partial charge is 0.457 e. The number of aromatic amines is 2. The maximum absolute atomic E-state index is 12.8. The molecule has 11 nitrogen and oxygen atoms in total. The fourth-order valence-corrected chi connectivity index (χ4v) is 6.81. The third kappa shape index (κ3) is 8.22. The summed E-state index contributed by atoms with van der Waals surface area (Å²) in [5.74, 6) is 0.0748. The lowest BCUT2D eigenvalue weighted by molar-refractivity contribution is -0.138. The minimum atomic E-state index is -0.308. The number of likely N-dealkylation sites (N-methyl/N-ethyl adjacent to an activating group) is 1. The average Bonchev–Trinajstić information content (AvgIpc) is 3.84. The van der Waals surface area contributed by atoms with Gasteiger partial charge in [0, 0.05) is 71.9 Å². The number of rotatable bonds is 12. The summed E-state index contributed by atoms with van der Waals surface area (Å²) in [5, 5.41) is 0. The molecule has 52 heavy (non-hydrogen) atoms. The fraction of sp³-hybridized carbons (Fsp3) is 0.463. The summed E-state index contributed by atoms with van der Waals surface area (Å²) in [6.45, 7) is 20.2. The predicted octanol–water partition coefficient (Wildman–Crippen LogP) is 7.01. The van der Waals surface area contributed by atoms with Crippen molar-refractivity contribution in [1.29, 1.82) is 0 Å². The molecule has 0 radical (unpaired) electrons. The number of nitrogens with zero attached hydrogens (tertiary/aromatic N) is 3. The highest BCUT2D eigenvalue weighted by atomic mass is 16.5. The van der Waals surface area contributed by atoms with Crippen molar-refractivity contribution < 1.29 is 28.5 Å². The van der Waals surface area contributed by atoms with Gasteiger partial charge >= 0.3 is 5.97 Å². The van der Waals surface area contributed by atoms with Crippen molar-refractivity contribution in [2.75, 3.05) is 53.7 Å². The molecule has 0 aliphatic carbocycles. The zero-order chi connectivity index (χ0) is 37.5. The number of amides is 1. The van der Waals surface area contributed by atoms with Gasteiger partial charge in [0.1, 0.15) is 6.61 Å². The lowest BCUT2D eigenvalue weighted by atomic mass is 9.97. The van der Waals surface area contributed by atoms with E-state index in [1.54, 1.807) is 19.1 Å². The number of esters is 1. The van der Waals surface area contributed by atoms with Gasteiger partial charge in [-0.15, -0.1) is 0 Å². The van der Waals surface area contributed by atoms with E-state index in [1.807, 2.05) is 19.9 Å². The van der Waals surface area contributed by atoms with Crippen LogP contribution in [0.15, 0.2) is 24.8 Å². The number of nitrogens with one attached hydrogen (secondary N) is 2. The van der Waals surface area contributed by atoms with Crippen molar-refractivity contribution in [3.05, 3.63) is 75.4 Å². The molecule has 0 aromatic carbocycles. The number of aromatic nitrogens is 4. The number of H-pyrrole nitrogens is 2. The van der Waals surface area contributed by atoms with Crippen molar-refractivity contribution in [2.24, 2.45) is 0 Å². The smallest absolute Gasteiger partial charge is 0.341 e. The third-order valence-electron chi connectivity index (χ3n) is 10.0. The van der Waals surface area contributed by atoms with Gasteiger partial charge in [0.25, 0.3) is 0 Å². The summed E-state index contributed by atoms with van der Waals surface area (Å²) in [6.07, 6.45) is 4.12. The number of carbonyl (C=O) groups excluding carboxylic acids is 2. The van der Waals surface area contributed by atoms with E-state index in [0.717, 1.165) is 79.9 Å². The Balaban J connectivity index is 0.000000278. The average molecular weight is 712 g/mol. The number of carbonyl (C=O) groups is 2. The molecular formula is C41H53N5O6. The molecule has 3 aliphatic heterocycles. The Morgan fingerprint density at radius 3 is 2.37 bits per heavy atom. The monoisotopic (exact) mass is 711 g/mol. The molecule has 0 saturated carbocycles. The molecule has 3 aliphatic rings. The molecule has 0 saturated heterocycles. The second-order valence-electron chi connectivity index (χ2n) is 13.4. The van der Waals surface area contributed by atoms with E-state index in [1.165, 1.54) is 11.1 Å². The van der Waals surface area contributed by atoms with E-state index in [2.05, 4.69) is 62.4 Å². The molecule has 278 valence electrons. The fourth-order valence-electron chi connectivity index (χ4n) is 6.81. The van der Waals surface area contributed by atoms with Crippen molar-refractivity contribution >= 4 is 51.2 Å². The number of ether oxygens (including phenoxy) is 4. The number of cyclic esters (lactones) is 1. The third-order valence-corrected chi connectivity index (χ3v) is 10.0. The topological polar surface area (TPSA) is 132 Å². The van der Waals surface area contributed by atoms with Gasteiger partial charge in [-0.05, 0) is 74.1 Å². The molecule has 1 unspecified atom stereocenters. The number of fused-ring (bicyclic) bond motifs is 8. The van der Waals surface area contributed by atoms with Crippen LogP contribution in [0.25, 0.3) is 39.3 Å². The molecule has 8 bridgehead atoms. The molecule has 2 N–H and O–H groups in total. The second kappa shape index (κ2) is 17.3. The summed E-state index contributed by atoms with van der Waals surface area (Å²) < 4.78 is 21.0. The minimum Gasteiger partial charge on any atom is -0.457 e. The van der Waals surface area contributed by atoms with Gasteiger partial charge in [-0.1, -0.05) is 33.4 Å². The van der Waals surface area contributed by atoms with E-state index in [-0.39, 0.29) is 24.4 Å². The van der Waals surface area contributed by atoms with Crippen LogP contribution in [0, 0.1) is 13.8 Å². The first kappa shape index (κ1) is 38.6. The lowest BCUT2D eigenvalue weighted by Gasteiger charge is -2.16. The number of hydrogen-bond acceptors (Lipinski definition) is 8. The Kier molecular flexibility index (Phi) is 12.9. The maximum atomic E-state index is 12.8. The highest BCUT2D eigenvalue weighted by molar-refractivity contribution is 6.26. The molecular weight excluding hydrogens is 658 g/mol. The summed E-state index contributed by atoms with van der Waals surface area (Å²) in [6, 6.07) is 6.38. The van der Waals surface area contributed by atoms with Crippen LogP contribution in [-0.4, -0.2) is 90.4 Å². The maximum Gasteiger partial charge on any atom is 0.341 e. The Morgan fingerprint density at radius 2 is 1.67 bits per heavy atom. The molecule has 6 rings (SSSR count). The molecule has 0 spiro atoms. The van der Waals surface area contributed by atoms with Gasteiger partial charge in [-0.25, -0.2) is 9.78 Å². The number of allylic oxidation sites excluding steroid dienone is 1. The van der Waals surface area contributed by atoms with E-state index >= 15 is 0 Å². The van der Waals surface area contributed by atoms with Crippen molar-refractivity contribution in [2.45, 2.75) is 73.3 Å². The number of hydrogen-bond donors (Lipinski definition) is 2.